The van der Waals surface area contributed by atoms with E-state index in [1.54, 1.807) is 0 Å². The van der Waals surface area contributed by atoms with Crippen molar-refractivity contribution in [2.45, 2.75) is 0 Å². The quantitative estimate of drug-likeness (QED) is 0.505. The van der Waals surface area contributed by atoms with E-state index >= 15 is 0 Å². The van der Waals surface area contributed by atoms with Crippen LogP contribution in [0.3, 0.4) is 0 Å². The molecule has 0 atom stereocenters. The zero-order valence-corrected chi connectivity index (χ0v) is 7.73. The van der Waals surface area contributed by atoms with Crippen molar-refractivity contribution in [3.63, 3.8) is 0 Å². The molecule has 0 aliphatic heterocycles. The molecule has 1 aromatic carbocycles. The van der Waals surface area contributed by atoms with Gasteiger partial charge >= 0.3 is 0 Å². The largest absolute Gasteiger partial charge is 0.337 e. The molecule has 0 fully saturated rings. The molecule has 0 bridgehead atoms. The van der Waals surface area contributed by atoms with Crippen LogP contribution >= 0.6 is 0 Å². The topological polar surface area (TPSA) is 84.7 Å². The van der Waals surface area contributed by atoms with Crippen LogP contribution < -0.4 is 5.48 Å². The fraction of sp³-hybridized carbons (Fsp3) is 0. The van der Waals surface area contributed by atoms with Crippen LogP contribution in [0.4, 0.5) is 0 Å². The van der Waals surface area contributed by atoms with E-state index in [-0.39, 0.29) is 5.57 Å². The monoisotopic (exact) mass is 200 g/mol. The van der Waals surface area contributed by atoms with Gasteiger partial charge in [0.15, 0.2) is 5.82 Å². The highest BCUT2D eigenvalue weighted by Gasteiger charge is 2.06. The number of imidazole rings is 1. The van der Waals surface area contributed by atoms with Crippen LogP contribution in [0.5, 0.6) is 0 Å². The van der Waals surface area contributed by atoms with Crippen LogP contribution in [0, 0.1) is 11.3 Å². The number of allylic oxidation sites excluding steroid dienone is 1. The second-order valence-corrected chi connectivity index (χ2v) is 2.90. The average molecular weight is 200 g/mol. The smallest absolute Gasteiger partial charge is 0.150 e. The van der Waals surface area contributed by atoms with E-state index in [9.17, 15) is 0 Å². The summed E-state index contributed by atoms with van der Waals surface area (Å²) in [7, 11) is 0. The average Bonchev–Trinajstić information content (AvgIpc) is 2.69. The normalized spacial score (nSPS) is 11.3. The van der Waals surface area contributed by atoms with Gasteiger partial charge in [0.25, 0.3) is 0 Å². The Bertz CT molecular complexity index is 517. The lowest BCUT2D eigenvalue weighted by Crippen LogP contribution is -1.97. The summed E-state index contributed by atoms with van der Waals surface area (Å²) >= 11 is 0. The Labute approximate surface area is 85.6 Å². The number of para-hydroxylation sites is 2. The van der Waals surface area contributed by atoms with E-state index in [0.29, 0.717) is 5.82 Å². The van der Waals surface area contributed by atoms with Crippen LogP contribution in [0.1, 0.15) is 5.82 Å². The molecule has 15 heavy (non-hydrogen) atoms. The van der Waals surface area contributed by atoms with Crippen LogP contribution in [-0.2, 0) is 0 Å². The first kappa shape index (κ1) is 9.24. The third-order valence-corrected chi connectivity index (χ3v) is 1.97. The van der Waals surface area contributed by atoms with E-state index in [1.165, 1.54) is 6.20 Å². The van der Waals surface area contributed by atoms with Crippen molar-refractivity contribution in [3.8, 4) is 6.07 Å². The van der Waals surface area contributed by atoms with Gasteiger partial charge in [-0.2, -0.15) is 5.26 Å². The Morgan fingerprint density at radius 3 is 3.00 bits per heavy atom. The number of benzene rings is 1. The summed E-state index contributed by atoms with van der Waals surface area (Å²) < 4.78 is 0. The number of fused-ring (bicyclic) bond motifs is 1. The summed E-state index contributed by atoms with van der Waals surface area (Å²) in [6, 6.07) is 9.38. The minimum Gasteiger partial charge on any atom is -0.337 e. The van der Waals surface area contributed by atoms with Crippen molar-refractivity contribution >= 4 is 16.6 Å². The molecular formula is C10H8N4O. The van der Waals surface area contributed by atoms with Gasteiger partial charge in [0.1, 0.15) is 11.6 Å². The van der Waals surface area contributed by atoms with E-state index in [1.807, 2.05) is 35.8 Å². The number of aromatic amines is 1. The molecule has 0 amide bonds. The predicted octanol–water partition coefficient (Wildman–Crippen LogP) is 1.41. The fourth-order valence-electron chi connectivity index (χ4n) is 1.30. The van der Waals surface area contributed by atoms with Crippen molar-refractivity contribution in [3.05, 3.63) is 36.3 Å². The highest BCUT2D eigenvalue weighted by molar-refractivity contribution is 5.81. The third-order valence-electron chi connectivity index (χ3n) is 1.97. The number of hydrogen-bond donors (Lipinski definition) is 3. The van der Waals surface area contributed by atoms with Crippen molar-refractivity contribution < 1.29 is 5.21 Å². The molecule has 5 heteroatoms. The molecule has 0 saturated carbocycles. The van der Waals surface area contributed by atoms with Gasteiger partial charge in [-0.1, -0.05) is 12.1 Å². The Morgan fingerprint density at radius 1 is 1.53 bits per heavy atom. The molecule has 0 spiro atoms. The van der Waals surface area contributed by atoms with Gasteiger partial charge in [0, 0.05) is 6.20 Å². The highest BCUT2D eigenvalue weighted by Crippen LogP contribution is 2.15. The molecule has 74 valence electrons. The third kappa shape index (κ3) is 1.66. The molecule has 1 aromatic heterocycles. The number of nitriles is 1. The van der Waals surface area contributed by atoms with Gasteiger partial charge in [0.05, 0.1) is 11.0 Å². The van der Waals surface area contributed by atoms with Gasteiger partial charge in [-0.05, 0) is 12.1 Å². The van der Waals surface area contributed by atoms with Crippen molar-refractivity contribution in [2.24, 2.45) is 0 Å². The SMILES string of the molecule is N#CC(=CNO)c1nc2ccccc2[nH]1. The molecule has 0 unspecified atom stereocenters. The van der Waals surface area contributed by atoms with Crippen molar-refractivity contribution in [1.82, 2.24) is 15.4 Å². The van der Waals surface area contributed by atoms with Gasteiger partial charge in [0.2, 0.25) is 0 Å². The Kier molecular flexibility index (Phi) is 2.35. The molecule has 0 radical (unpaired) electrons. The summed E-state index contributed by atoms with van der Waals surface area (Å²) in [6.45, 7) is 0. The molecule has 3 N–H and O–H groups in total. The number of hydrogen-bond acceptors (Lipinski definition) is 4. The van der Waals surface area contributed by atoms with Crippen LogP contribution in [0.2, 0.25) is 0 Å². The molecular weight excluding hydrogens is 192 g/mol. The summed E-state index contributed by atoms with van der Waals surface area (Å²) in [4.78, 5) is 7.18. The lowest BCUT2D eigenvalue weighted by atomic mass is 10.3. The van der Waals surface area contributed by atoms with Gasteiger partial charge < -0.3 is 4.98 Å². The number of hydroxylamine groups is 1. The second kappa shape index (κ2) is 3.82. The minimum atomic E-state index is 0.244. The molecule has 1 heterocycles. The van der Waals surface area contributed by atoms with E-state index < -0.39 is 0 Å². The zero-order valence-electron chi connectivity index (χ0n) is 7.73. The van der Waals surface area contributed by atoms with Crippen LogP contribution in [0.25, 0.3) is 16.6 Å². The summed E-state index contributed by atoms with van der Waals surface area (Å²) in [5, 5.41) is 17.3. The summed E-state index contributed by atoms with van der Waals surface area (Å²) in [6.07, 6.45) is 1.18. The predicted molar refractivity (Wildman–Crippen MR) is 54.6 cm³/mol. The first-order valence-electron chi connectivity index (χ1n) is 4.30. The van der Waals surface area contributed by atoms with Crippen molar-refractivity contribution in [1.29, 1.82) is 5.26 Å². The van der Waals surface area contributed by atoms with E-state index in [4.69, 9.17) is 10.5 Å². The number of aromatic nitrogens is 2. The number of nitrogens with one attached hydrogen (secondary N) is 2. The maximum atomic E-state index is 8.81. The van der Waals surface area contributed by atoms with Crippen LogP contribution in [-0.4, -0.2) is 15.2 Å². The number of H-pyrrole nitrogens is 1. The molecule has 0 saturated heterocycles. The molecule has 2 aromatic rings. The maximum Gasteiger partial charge on any atom is 0.150 e. The van der Waals surface area contributed by atoms with Gasteiger partial charge in [-0.15, -0.1) is 0 Å². The van der Waals surface area contributed by atoms with Gasteiger partial charge in [-0.25, -0.2) is 4.98 Å². The van der Waals surface area contributed by atoms with Gasteiger partial charge in [-0.3, -0.25) is 10.7 Å². The van der Waals surface area contributed by atoms with Crippen molar-refractivity contribution in [2.75, 3.05) is 0 Å². The molecule has 2 rings (SSSR count). The van der Waals surface area contributed by atoms with Crippen LogP contribution in [0.15, 0.2) is 30.5 Å². The zero-order chi connectivity index (χ0) is 10.7. The van der Waals surface area contributed by atoms with E-state index in [0.717, 1.165) is 11.0 Å². The first-order chi connectivity index (χ1) is 7.35. The summed E-state index contributed by atoms with van der Waals surface area (Å²) in [5.74, 6) is 0.431. The molecule has 0 aliphatic carbocycles. The Morgan fingerprint density at radius 2 is 2.33 bits per heavy atom. The fourth-order valence-corrected chi connectivity index (χ4v) is 1.30. The Hall–Kier alpha value is -2.32. The standard InChI is InChI=1S/C10H8N4O/c11-5-7(6-12-15)10-13-8-3-1-2-4-9(8)14-10/h1-4,6,12,15H,(H,13,14). The lowest BCUT2D eigenvalue weighted by molar-refractivity contribution is 0.215. The summed E-state index contributed by atoms with van der Waals surface area (Å²) in [5.41, 5.74) is 3.70. The Balaban J connectivity index is 2.54. The highest BCUT2D eigenvalue weighted by atomic mass is 16.5. The minimum absolute atomic E-state index is 0.244. The molecule has 5 nitrogen and oxygen atoms in total. The second-order valence-electron chi connectivity index (χ2n) is 2.90. The van der Waals surface area contributed by atoms with E-state index in [2.05, 4.69) is 9.97 Å². The lowest BCUT2D eigenvalue weighted by Gasteiger charge is -1.90. The first-order valence-corrected chi connectivity index (χ1v) is 4.30. The maximum absolute atomic E-state index is 8.81. The number of nitrogens with zero attached hydrogens (tertiary/aromatic N) is 2. The molecule has 0 aliphatic rings. The number of rotatable bonds is 2.